The number of benzene rings is 2. The Morgan fingerprint density at radius 2 is 1.97 bits per heavy atom. The van der Waals surface area contributed by atoms with Crippen molar-refractivity contribution in [3.8, 4) is 0 Å². The molecule has 2 aromatic carbocycles. The van der Waals surface area contributed by atoms with E-state index >= 15 is 0 Å². The van der Waals surface area contributed by atoms with Crippen molar-refractivity contribution >= 4 is 43.5 Å². The van der Waals surface area contributed by atoms with Gasteiger partial charge in [-0.05, 0) is 23.8 Å². The third kappa shape index (κ3) is 5.45. The van der Waals surface area contributed by atoms with Crippen LogP contribution in [0.4, 0.5) is 0 Å². The summed E-state index contributed by atoms with van der Waals surface area (Å²) >= 11 is 9.47. The van der Waals surface area contributed by atoms with Crippen LogP contribution < -0.4 is 10.0 Å². The third-order valence-electron chi connectivity index (χ3n) is 4.15. The molecule has 0 aliphatic heterocycles. The molecule has 1 amide bonds. The lowest BCUT2D eigenvalue weighted by Gasteiger charge is -2.20. The van der Waals surface area contributed by atoms with Crippen molar-refractivity contribution in [3.05, 3.63) is 81.5 Å². The van der Waals surface area contributed by atoms with E-state index in [9.17, 15) is 13.2 Å². The van der Waals surface area contributed by atoms with Crippen LogP contribution in [0.1, 0.15) is 22.0 Å². The molecule has 0 spiro atoms. The summed E-state index contributed by atoms with van der Waals surface area (Å²) in [6.45, 7) is -0.0431. The standard InChI is InChI=1S/C19H18BrClN4O3S/c1-25-12-15(10-22-25)29(27,28)23-11-18(13-5-3-2-4-6-13)24-19(26)16-9-14(20)7-8-17(16)21/h2-10,12,18,23H,11H2,1H3,(H,24,26). The number of nitrogens with zero attached hydrogens (tertiary/aromatic N) is 2. The van der Waals surface area contributed by atoms with Crippen LogP contribution in [0.5, 0.6) is 0 Å². The zero-order chi connectivity index (χ0) is 21.0. The van der Waals surface area contributed by atoms with Gasteiger partial charge in [-0.3, -0.25) is 9.48 Å². The maximum atomic E-state index is 12.8. The SMILES string of the molecule is Cn1cc(S(=O)(=O)NCC(NC(=O)c2cc(Br)ccc2Cl)c2ccccc2)cn1. The van der Waals surface area contributed by atoms with Crippen molar-refractivity contribution in [2.24, 2.45) is 7.05 Å². The van der Waals surface area contributed by atoms with Crippen molar-refractivity contribution in [2.75, 3.05) is 6.54 Å². The second kappa shape index (κ2) is 9.08. The Kier molecular flexibility index (Phi) is 6.74. The van der Waals surface area contributed by atoms with Gasteiger partial charge in [-0.15, -0.1) is 0 Å². The lowest BCUT2D eigenvalue weighted by Crippen LogP contribution is -2.38. The second-order valence-electron chi connectivity index (χ2n) is 6.26. The Hall–Kier alpha value is -2.20. The fourth-order valence-corrected chi connectivity index (χ4v) is 4.25. The summed E-state index contributed by atoms with van der Waals surface area (Å²) in [4.78, 5) is 12.8. The maximum Gasteiger partial charge on any atom is 0.253 e. The minimum atomic E-state index is -3.78. The van der Waals surface area contributed by atoms with Crippen LogP contribution in [0.15, 0.2) is 70.3 Å². The Labute approximate surface area is 182 Å². The van der Waals surface area contributed by atoms with Gasteiger partial charge in [0, 0.05) is 24.3 Å². The average molecular weight is 498 g/mol. The van der Waals surface area contributed by atoms with Gasteiger partial charge in [0.1, 0.15) is 4.90 Å². The number of nitrogens with one attached hydrogen (secondary N) is 2. The Balaban J connectivity index is 1.82. The molecule has 29 heavy (non-hydrogen) atoms. The molecule has 0 radical (unpaired) electrons. The van der Waals surface area contributed by atoms with Gasteiger partial charge in [-0.1, -0.05) is 57.9 Å². The monoisotopic (exact) mass is 496 g/mol. The van der Waals surface area contributed by atoms with E-state index in [4.69, 9.17) is 11.6 Å². The quantitative estimate of drug-likeness (QED) is 0.524. The number of halogens is 2. The third-order valence-corrected chi connectivity index (χ3v) is 6.35. The Bertz CT molecular complexity index is 1120. The number of aromatic nitrogens is 2. The van der Waals surface area contributed by atoms with E-state index in [1.165, 1.54) is 17.1 Å². The first kappa shape index (κ1) is 21.5. The summed E-state index contributed by atoms with van der Waals surface area (Å²) in [6, 6.07) is 13.4. The lowest BCUT2D eigenvalue weighted by atomic mass is 10.1. The van der Waals surface area contributed by atoms with E-state index in [-0.39, 0.29) is 17.0 Å². The second-order valence-corrected chi connectivity index (χ2v) is 9.35. The molecule has 0 bridgehead atoms. The highest BCUT2D eigenvalue weighted by atomic mass is 79.9. The molecule has 0 aliphatic rings. The number of hydrogen-bond donors (Lipinski definition) is 2. The predicted molar refractivity (Wildman–Crippen MR) is 114 cm³/mol. The highest BCUT2D eigenvalue weighted by molar-refractivity contribution is 9.10. The van der Waals surface area contributed by atoms with Crippen molar-refractivity contribution in [1.29, 1.82) is 0 Å². The number of hydrogen-bond acceptors (Lipinski definition) is 4. The summed E-state index contributed by atoms with van der Waals surface area (Å²) in [5.74, 6) is -0.411. The zero-order valence-corrected chi connectivity index (χ0v) is 18.5. The fourth-order valence-electron chi connectivity index (χ4n) is 2.66. The van der Waals surface area contributed by atoms with Gasteiger partial charge in [0.15, 0.2) is 0 Å². The van der Waals surface area contributed by atoms with Crippen molar-refractivity contribution in [1.82, 2.24) is 19.8 Å². The fraction of sp³-hybridized carbons (Fsp3) is 0.158. The summed E-state index contributed by atoms with van der Waals surface area (Å²) < 4.78 is 29.7. The van der Waals surface area contributed by atoms with Gasteiger partial charge < -0.3 is 5.32 Å². The van der Waals surface area contributed by atoms with E-state index in [2.05, 4.69) is 31.1 Å². The van der Waals surface area contributed by atoms with E-state index in [0.717, 1.165) is 5.56 Å². The first-order valence-corrected chi connectivity index (χ1v) is 11.2. The number of sulfonamides is 1. The predicted octanol–water partition coefficient (Wildman–Crippen LogP) is 3.29. The van der Waals surface area contributed by atoms with E-state index in [0.29, 0.717) is 9.50 Å². The molecule has 2 N–H and O–H groups in total. The molecular formula is C19H18BrClN4O3S. The smallest absolute Gasteiger partial charge is 0.253 e. The van der Waals surface area contributed by atoms with Crippen LogP contribution in [0, 0.1) is 0 Å². The van der Waals surface area contributed by atoms with Crippen LogP contribution >= 0.6 is 27.5 Å². The van der Waals surface area contributed by atoms with Crippen LogP contribution in [0.25, 0.3) is 0 Å². The summed E-state index contributed by atoms with van der Waals surface area (Å²) in [7, 11) is -2.14. The highest BCUT2D eigenvalue weighted by Gasteiger charge is 2.22. The van der Waals surface area contributed by atoms with Crippen LogP contribution in [0.3, 0.4) is 0 Å². The van der Waals surface area contributed by atoms with Gasteiger partial charge in [0.2, 0.25) is 10.0 Å². The van der Waals surface area contributed by atoms with Gasteiger partial charge in [0.25, 0.3) is 5.91 Å². The lowest BCUT2D eigenvalue weighted by molar-refractivity contribution is 0.0937. The van der Waals surface area contributed by atoms with Gasteiger partial charge in [-0.2, -0.15) is 5.10 Å². The largest absolute Gasteiger partial charge is 0.344 e. The molecule has 3 rings (SSSR count). The molecule has 0 aliphatic carbocycles. The Morgan fingerprint density at radius 3 is 2.62 bits per heavy atom. The normalized spacial score (nSPS) is 12.5. The summed E-state index contributed by atoms with van der Waals surface area (Å²) in [6.07, 6.45) is 2.67. The molecule has 0 fully saturated rings. The molecule has 0 saturated heterocycles. The van der Waals surface area contributed by atoms with Crippen LogP contribution in [-0.2, 0) is 17.1 Å². The van der Waals surface area contributed by atoms with Crippen molar-refractivity contribution in [3.63, 3.8) is 0 Å². The number of carbonyl (C=O) groups excluding carboxylic acids is 1. The molecular weight excluding hydrogens is 480 g/mol. The number of rotatable bonds is 7. The van der Waals surface area contributed by atoms with Crippen LogP contribution in [0.2, 0.25) is 5.02 Å². The van der Waals surface area contributed by atoms with E-state index in [1.807, 2.05) is 30.3 Å². The topological polar surface area (TPSA) is 93.1 Å². The number of amides is 1. The molecule has 152 valence electrons. The molecule has 3 aromatic rings. The number of aryl methyl sites for hydroxylation is 1. The maximum absolute atomic E-state index is 12.8. The van der Waals surface area contributed by atoms with E-state index in [1.54, 1.807) is 25.2 Å². The molecule has 1 heterocycles. The first-order valence-electron chi connectivity index (χ1n) is 8.55. The molecule has 7 nitrogen and oxygen atoms in total. The molecule has 1 unspecified atom stereocenters. The van der Waals surface area contributed by atoms with E-state index < -0.39 is 22.0 Å². The van der Waals surface area contributed by atoms with Crippen molar-refractivity contribution < 1.29 is 13.2 Å². The number of carbonyl (C=O) groups is 1. The Morgan fingerprint density at radius 1 is 1.24 bits per heavy atom. The highest BCUT2D eigenvalue weighted by Crippen LogP contribution is 2.22. The average Bonchev–Trinajstić information content (AvgIpc) is 3.15. The van der Waals surface area contributed by atoms with Crippen LogP contribution in [-0.4, -0.2) is 30.7 Å². The molecule has 10 heteroatoms. The summed E-state index contributed by atoms with van der Waals surface area (Å²) in [5, 5.41) is 7.04. The van der Waals surface area contributed by atoms with Gasteiger partial charge in [-0.25, -0.2) is 13.1 Å². The molecule has 1 atom stereocenters. The summed E-state index contributed by atoms with van der Waals surface area (Å²) in [5.41, 5.74) is 1.04. The zero-order valence-electron chi connectivity index (χ0n) is 15.3. The molecule has 0 saturated carbocycles. The van der Waals surface area contributed by atoms with Gasteiger partial charge >= 0.3 is 0 Å². The minimum absolute atomic E-state index is 0.0431. The molecule has 1 aromatic heterocycles. The van der Waals surface area contributed by atoms with Crippen molar-refractivity contribution in [2.45, 2.75) is 10.9 Å². The minimum Gasteiger partial charge on any atom is -0.344 e. The van der Waals surface area contributed by atoms with Gasteiger partial charge in [0.05, 0.1) is 22.8 Å². The first-order chi connectivity index (χ1) is 13.8.